The first kappa shape index (κ1) is 12.2. The largest absolute Gasteiger partial charge is 0.458 e. The highest BCUT2D eigenvalue weighted by Gasteiger charge is 2.30. The maximum absolute atomic E-state index is 10.6. The summed E-state index contributed by atoms with van der Waals surface area (Å²) in [4.78, 5) is 0. The second-order valence-corrected chi connectivity index (χ2v) is 4.74. The van der Waals surface area contributed by atoms with Gasteiger partial charge in [0.15, 0.2) is 0 Å². The van der Waals surface area contributed by atoms with Gasteiger partial charge in [-0.25, -0.2) is 0 Å². The van der Waals surface area contributed by atoms with Crippen molar-refractivity contribution >= 4 is 11.0 Å². The van der Waals surface area contributed by atoms with E-state index in [0.29, 0.717) is 12.2 Å². The summed E-state index contributed by atoms with van der Waals surface area (Å²) in [7, 11) is 0. The molecule has 0 aliphatic rings. The zero-order valence-corrected chi connectivity index (χ0v) is 10.8. The third-order valence-electron chi connectivity index (χ3n) is 3.45. The number of hydrogen-bond donors (Lipinski definition) is 1. The van der Waals surface area contributed by atoms with Gasteiger partial charge in [0.25, 0.3) is 0 Å². The van der Waals surface area contributed by atoms with Crippen LogP contribution in [-0.4, -0.2) is 5.11 Å². The molecule has 1 aromatic carbocycles. The molecule has 0 radical (unpaired) electrons. The van der Waals surface area contributed by atoms with Crippen LogP contribution in [-0.2, 0) is 5.60 Å². The molecule has 2 nitrogen and oxygen atoms in total. The Labute approximate surface area is 102 Å². The normalized spacial score (nSPS) is 15.1. The Balaban J connectivity index is 2.52. The van der Waals surface area contributed by atoms with E-state index in [1.807, 2.05) is 38.1 Å². The molecule has 2 rings (SSSR count). The third-order valence-corrected chi connectivity index (χ3v) is 3.45. The lowest BCUT2D eigenvalue weighted by molar-refractivity contribution is 0.00294. The number of rotatable bonds is 4. The van der Waals surface area contributed by atoms with E-state index >= 15 is 0 Å². The van der Waals surface area contributed by atoms with Gasteiger partial charge in [-0.1, -0.05) is 38.5 Å². The van der Waals surface area contributed by atoms with Crippen LogP contribution in [0.4, 0.5) is 0 Å². The molecule has 0 aliphatic heterocycles. The molecular weight excluding hydrogens is 212 g/mol. The molecule has 0 bridgehead atoms. The summed E-state index contributed by atoms with van der Waals surface area (Å²) in [6, 6.07) is 8.04. The van der Waals surface area contributed by atoms with E-state index in [4.69, 9.17) is 4.42 Å². The predicted molar refractivity (Wildman–Crippen MR) is 70.0 cm³/mol. The molecule has 0 fully saturated rings. The Kier molecular flexibility index (Phi) is 3.25. The van der Waals surface area contributed by atoms with Gasteiger partial charge in [0.2, 0.25) is 0 Å². The van der Waals surface area contributed by atoms with Crippen LogP contribution in [0.15, 0.2) is 28.7 Å². The highest BCUT2D eigenvalue weighted by Crippen LogP contribution is 2.34. The highest BCUT2D eigenvalue weighted by molar-refractivity contribution is 5.81. The summed E-state index contributed by atoms with van der Waals surface area (Å²) in [6.07, 6.45) is 2.36. The van der Waals surface area contributed by atoms with Crippen molar-refractivity contribution in [1.82, 2.24) is 0 Å². The molecular formula is C15H20O2. The third kappa shape index (κ3) is 2.09. The molecule has 0 spiro atoms. The van der Waals surface area contributed by atoms with Crippen molar-refractivity contribution in [2.45, 2.75) is 45.6 Å². The number of fused-ring (bicyclic) bond motifs is 1. The zero-order valence-electron chi connectivity index (χ0n) is 10.8. The van der Waals surface area contributed by atoms with Crippen LogP contribution < -0.4 is 0 Å². The number of aliphatic hydroxyl groups is 1. The van der Waals surface area contributed by atoms with Crippen molar-refractivity contribution in [3.05, 3.63) is 35.6 Å². The minimum atomic E-state index is -0.819. The summed E-state index contributed by atoms with van der Waals surface area (Å²) in [6.45, 7) is 6.10. The number of para-hydroxylation sites is 1. The van der Waals surface area contributed by atoms with Crippen molar-refractivity contribution in [2.75, 3.05) is 0 Å². The average molecular weight is 232 g/mol. The maximum atomic E-state index is 10.6. The van der Waals surface area contributed by atoms with Gasteiger partial charge in [-0.05, 0) is 31.4 Å². The lowest BCUT2D eigenvalue weighted by atomic mass is 9.92. The van der Waals surface area contributed by atoms with Crippen molar-refractivity contribution in [1.29, 1.82) is 0 Å². The summed E-state index contributed by atoms with van der Waals surface area (Å²) >= 11 is 0. The van der Waals surface area contributed by atoms with Crippen LogP contribution in [0.2, 0.25) is 0 Å². The van der Waals surface area contributed by atoms with Gasteiger partial charge in [0.1, 0.15) is 16.9 Å². The number of benzene rings is 1. The van der Waals surface area contributed by atoms with E-state index in [2.05, 4.69) is 6.92 Å². The maximum Gasteiger partial charge on any atom is 0.137 e. The van der Waals surface area contributed by atoms with Gasteiger partial charge in [-0.15, -0.1) is 0 Å². The van der Waals surface area contributed by atoms with E-state index < -0.39 is 5.60 Å². The quantitative estimate of drug-likeness (QED) is 0.859. The van der Waals surface area contributed by atoms with E-state index in [-0.39, 0.29) is 0 Å². The Morgan fingerprint density at radius 3 is 2.65 bits per heavy atom. The molecule has 1 atom stereocenters. The van der Waals surface area contributed by atoms with Crippen LogP contribution >= 0.6 is 0 Å². The van der Waals surface area contributed by atoms with Crippen LogP contribution in [0.3, 0.4) is 0 Å². The van der Waals surface area contributed by atoms with Gasteiger partial charge >= 0.3 is 0 Å². The number of furan rings is 1. The lowest BCUT2D eigenvalue weighted by Crippen LogP contribution is -2.23. The van der Waals surface area contributed by atoms with Crippen LogP contribution in [0, 0.1) is 6.92 Å². The van der Waals surface area contributed by atoms with Crippen LogP contribution in [0.25, 0.3) is 11.0 Å². The second kappa shape index (κ2) is 4.53. The fourth-order valence-electron chi connectivity index (χ4n) is 2.33. The summed E-state index contributed by atoms with van der Waals surface area (Å²) in [5.74, 6) is 0.700. The minimum Gasteiger partial charge on any atom is -0.458 e. The summed E-state index contributed by atoms with van der Waals surface area (Å²) < 4.78 is 5.86. The molecule has 0 aliphatic carbocycles. The predicted octanol–water partition coefficient (Wildman–Crippen LogP) is 4.14. The van der Waals surface area contributed by atoms with E-state index in [9.17, 15) is 5.11 Å². The monoisotopic (exact) mass is 232 g/mol. The van der Waals surface area contributed by atoms with Gasteiger partial charge in [0.05, 0.1) is 0 Å². The molecule has 0 saturated heterocycles. The zero-order chi connectivity index (χ0) is 12.5. The molecule has 92 valence electrons. The SMILES string of the molecule is CCCC(O)(CC)c1cc2cccc(C)c2o1. The fraction of sp³-hybridized carbons (Fsp3) is 0.467. The van der Waals surface area contributed by atoms with E-state index in [1.165, 1.54) is 0 Å². The van der Waals surface area contributed by atoms with Gasteiger partial charge in [0, 0.05) is 5.39 Å². The first-order valence-corrected chi connectivity index (χ1v) is 6.32. The minimum absolute atomic E-state index is 0.680. The van der Waals surface area contributed by atoms with E-state index in [1.54, 1.807) is 0 Å². The van der Waals surface area contributed by atoms with Crippen molar-refractivity contribution in [3.8, 4) is 0 Å². The van der Waals surface area contributed by atoms with Crippen LogP contribution in [0.1, 0.15) is 44.4 Å². The average Bonchev–Trinajstić information content (AvgIpc) is 2.75. The van der Waals surface area contributed by atoms with Gasteiger partial charge in [-0.3, -0.25) is 0 Å². The topological polar surface area (TPSA) is 33.4 Å². The standard InChI is InChI=1S/C15H20O2/c1-4-9-15(16,5-2)13-10-12-8-6-7-11(3)14(12)17-13/h6-8,10,16H,4-5,9H2,1-3H3. The molecule has 1 unspecified atom stereocenters. The molecule has 2 heteroatoms. The first-order valence-electron chi connectivity index (χ1n) is 6.32. The van der Waals surface area contributed by atoms with Crippen molar-refractivity contribution in [3.63, 3.8) is 0 Å². The first-order chi connectivity index (χ1) is 8.10. The number of aryl methyl sites for hydroxylation is 1. The second-order valence-electron chi connectivity index (χ2n) is 4.74. The highest BCUT2D eigenvalue weighted by atomic mass is 16.4. The summed E-state index contributed by atoms with van der Waals surface area (Å²) in [5, 5.41) is 11.7. The Bertz CT molecular complexity index is 513. The summed E-state index contributed by atoms with van der Waals surface area (Å²) in [5.41, 5.74) is 1.19. The van der Waals surface area contributed by atoms with Crippen molar-refractivity contribution in [2.24, 2.45) is 0 Å². The van der Waals surface area contributed by atoms with Crippen molar-refractivity contribution < 1.29 is 9.52 Å². The molecule has 1 N–H and O–H groups in total. The van der Waals surface area contributed by atoms with Crippen LogP contribution in [0.5, 0.6) is 0 Å². The molecule has 1 aromatic heterocycles. The van der Waals surface area contributed by atoms with E-state index in [0.717, 1.165) is 29.4 Å². The molecule has 0 amide bonds. The molecule has 2 aromatic rings. The smallest absolute Gasteiger partial charge is 0.137 e. The molecule has 0 saturated carbocycles. The Hall–Kier alpha value is -1.28. The lowest BCUT2D eigenvalue weighted by Gasteiger charge is -2.23. The molecule has 17 heavy (non-hydrogen) atoms. The number of hydrogen-bond acceptors (Lipinski definition) is 2. The fourth-order valence-corrected chi connectivity index (χ4v) is 2.33. The van der Waals surface area contributed by atoms with Gasteiger partial charge < -0.3 is 9.52 Å². The molecule has 1 heterocycles. The Morgan fingerprint density at radius 2 is 2.06 bits per heavy atom. The van der Waals surface area contributed by atoms with Gasteiger partial charge in [-0.2, -0.15) is 0 Å². The Morgan fingerprint density at radius 1 is 1.29 bits per heavy atom.